The van der Waals surface area contributed by atoms with Crippen LogP contribution in [0.3, 0.4) is 0 Å². The van der Waals surface area contributed by atoms with E-state index >= 15 is 0 Å². The highest BCUT2D eigenvalue weighted by atomic mass is 32.1. The zero-order chi connectivity index (χ0) is 16.6. The molecule has 0 aliphatic carbocycles. The third-order valence-corrected chi connectivity index (χ3v) is 4.78. The predicted molar refractivity (Wildman–Crippen MR) is 96.5 cm³/mol. The number of aryl methyl sites for hydroxylation is 2. The summed E-state index contributed by atoms with van der Waals surface area (Å²) >= 11 is 1.73. The van der Waals surface area contributed by atoms with Gasteiger partial charge in [0.05, 0.1) is 17.5 Å². The molecule has 2 aromatic heterocycles. The van der Waals surface area contributed by atoms with Crippen molar-refractivity contribution in [3.05, 3.63) is 40.5 Å². The smallest absolute Gasteiger partial charge is 0.194 e. The molecule has 0 bridgehead atoms. The van der Waals surface area contributed by atoms with Crippen LogP contribution in [-0.4, -0.2) is 22.0 Å². The first-order valence-electron chi connectivity index (χ1n) is 7.95. The molecule has 0 atom stereocenters. The first kappa shape index (κ1) is 16.0. The summed E-state index contributed by atoms with van der Waals surface area (Å²) < 4.78 is 8.00. The van der Waals surface area contributed by atoms with Gasteiger partial charge < -0.3 is 10.5 Å². The van der Waals surface area contributed by atoms with Crippen LogP contribution in [-0.2, 0) is 6.42 Å². The normalized spacial score (nSPS) is 11.6. The number of aromatic nitrogens is 2. The SMILES string of the molecule is Cc1nc2sc(C)c(-c3ccc(OC(C)C)cc3)n2c1CCN. The van der Waals surface area contributed by atoms with E-state index in [1.807, 2.05) is 26.0 Å². The molecule has 2 N–H and O–H groups in total. The number of hydrogen-bond donors (Lipinski definition) is 1. The van der Waals surface area contributed by atoms with Crippen molar-refractivity contribution in [2.75, 3.05) is 6.54 Å². The summed E-state index contributed by atoms with van der Waals surface area (Å²) in [6, 6.07) is 8.30. The fourth-order valence-electron chi connectivity index (χ4n) is 2.90. The number of nitrogens with zero attached hydrogens (tertiary/aromatic N) is 2. The van der Waals surface area contributed by atoms with Crippen molar-refractivity contribution < 1.29 is 4.74 Å². The van der Waals surface area contributed by atoms with E-state index in [9.17, 15) is 0 Å². The Morgan fingerprint density at radius 3 is 2.52 bits per heavy atom. The van der Waals surface area contributed by atoms with Crippen LogP contribution in [0.15, 0.2) is 24.3 Å². The molecule has 0 unspecified atom stereocenters. The summed E-state index contributed by atoms with van der Waals surface area (Å²) in [6.45, 7) is 8.91. The lowest BCUT2D eigenvalue weighted by molar-refractivity contribution is 0.242. The summed E-state index contributed by atoms with van der Waals surface area (Å²) in [5, 5.41) is 0. The van der Waals surface area contributed by atoms with Crippen LogP contribution < -0.4 is 10.5 Å². The van der Waals surface area contributed by atoms with Gasteiger partial charge in [-0.25, -0.2) is 4.98 Å². The number of fused-ring (bicyclic) bond motifs is 1. The number of nitrogens with two attached hydrogens (primary N) is 1. The van der Waals surface area contributed by atoms with Gasteiger partial charge in [-0.15, -0.1) is 11.3 Å². The number of thiazole rings is 1. The largest absolute Gasteiger partial charge is 0.491 e. The monoisotopic (exact) mass is 329 g/mol. The van der Waals surface area contributed by atoms with Crippen LogP contribution in [0.1, 0.15) is 30.1 Å². The minimum atomic E-state index is 0.183. The zero-order valence-corrected chi connectivity index (χ0v) is 14.9. The molecule has 0 saturated heterocycles. The van der Waals surface area contributed by atoms with Gasteiger partial charge in [0, 0.05) is 17.0 Å². The average molecular weight is 329 g/mol. The van der Waals surface area contributed by atoms with Crippen LogP contribution in [0.5, 0.6) is 5.75 Å². The van der Waals surface area contributed by atoms with Crippen molar-refractivity contribution in [2.24, 2.45) is 5.73 Å². The van der Waals surface area contributed by atoms with Gasteiger partial charge in [0.1, 0.15) is 5.75 Å². The second kappa shape index (κ2) is 6.34. The van der Waals surface area contributed by atoms with Crippen molar-refractivity contribution in [2.45, 2.75) is 40.2 Å². The third-order valence-electron chi connectivity index (χ3n) is 3.82. The topological polar surface area (TPSA) is 52.5 Å². The van der Waals surface area contributed by atoms with Crippen molar-refractivity contribution in [3.63, 3.8) is 0 Å². The lowest BCUT2D eigenvalue weighted by Crippen LogP contribution is -2.07. The van der Waals surface area contributed by atoms with Gasteiger partial charge in [0.25, 0.3) is 0 Å². The maximum absolute atomic E-state index is 5.79. The molecule has 1 aromatic carbocycles. The molecule has 0 aliphatic rings. The van der Waals surface area contributed by atoms with Gasteiger partial charge in [-0.2, -0.15) is 0 Å². The Balaban J connectivity index is 2.09. The Morgan fingerprint density at radius 1 is 1.22 bits per heavy atom. The summed E-state index contributed by atoms with van der Waals surface area (Å²) in [5.74, 6) is 0.900. The fourth-order valence-corrected chi connectivity index (χ4v) is 3.96. The molecular weight excluding hydrogens is 306 g/mol. The van der Waals surface area contributed by atoms with Gasteiger partial charge in [-0.1, -0.05) is 0 Å². The molecule has 3 rings (SSSR count). The molecule has 0 amide bonds. The van der Waals surface area contributed by atoms with Gasteiger partial charge in [0.15, 0.2) is 4.96 Å². The molecular formula is C18H23N3OS. The second-order valence-electron chi connectivity index (χ2n) is 6.00. The lowest BCUT2D eigenvalue weighted by Gasteiger charge is -2.11. The molecule has 0 aliphatic heterocycles. The average Bonchev–Trinajstić information content (AvgIpc) is 2.95. The maximum Gasteiger partial charge on any atom is 0.194 e. The van der Waals surface area contributed by atoms with Gasteiger partial charge in [0.2, 0.25) is 0 Å². The van der Waals surface area contributed by atoms with E-state index in [4.69, 9.17) is 15.5 Å². The summed E-state index contributed by atoms with van der Waals surface area (Å²) in [4.78, 5) is 7.01. The van der Waals surface area contributed by atoms with Crippen molar-refractivity contribution >= 4 is 16.3 Å². The number of benzene rings is 1. The Hall–Kier alpha value is -1.85. The second-order valence-corrected chi connectivity index (χ2v) is 7.18. The number of imidazole rings is 1. The highest BCUT2D eigenvalue weighted by molar-refractivity contribution is 7.17. The molecule has 0 radical (unpaired) electrons. The van der Waals surface area contributed by atoms with Crippen molar-refractivity contribution in [1.82, 2.24) is 9.38 Å². The van der Waals surface area contributed by atoms with Crippen LogP contribution in [0.2, 0.25) is 0 Å². The quantitative estimate of drug-likeness (QED) is 0.770. The first-order valence-corrected chi connectivity index (χ1v) is 8.77. The fraction of sp³-hybridized carbons (Fsp3) is 0.389. The van der Waals surface area contributed by atoms with Gasteiger partial charge >= 0.3 is 0 Å². The van der Waals surface area contributed by atoms with Gasteiger partial charge in [-0.05, 0) is 64.1 Å². The van der Waals surface area contributed by atoms with Crippen LogP contribution >= 0.6 is 11.3 Å². The van der Waals surface area contributed by atoms with Crippen LogP contribution in [0, 0.1) is 13.8 Å². The van der Waals surface area contributed by atoms with E-state index < -0.39 is 0 Å². The Kier molecular flexibility index (Phi) is 4.41. The molecule has 4 nitrogen and oxygen atoms in total. The molecule has 23 heavy (non-hydrogen) atoms. The zero-order valence-electron chi connectivity index (χ0n) is 14.1. The molecule has 0 fully saturated rings. The van der Waals surface area contributed by atoms with Crippen molar-refractivity contribution in [3.8, 4) is 17.0 Å². The Morgan fingerprint density at radius 2 is 1.91 bits per heavy atom. The summed E-state index contributed by atoms with van der Waals surface area (Å²) in [7, 11) is 0. The van der Waals surface area contributed by atoms with Gasteiger partial charge in [-0.3, -0.25) is 4.40 Å². The molecule has 5 heteroatoms. The third kappa shape index (κ3) is 2.99. The number of rotatable bonds is 5. The minimum absolute atomic E-state index is 0.183. The number of ether oxygens (including phenoxy) is 1. The molecule has 0 spiro atoms. The Labute approximate surface area is 140 Å². The van der Waals surface area contributed by atoms with E-state index in [2.05, 4.69) is 30.4 Å². The Bertz CT molecular complexity index is 815. The molecule has 0 saturated carbocycles. The molecule has 122 valence electrons. The van der Waals surface area contributed by atoms with E-state index in [1.54, 1.807) is 11.3 Å². The van der Waals surface area contributed by atoms with E-state index in [0.29, 0.717) is 6.54 Å². The highest BCUT2D eigenvalue weighted by Crippen LogP contribution is 2.34. The van der Waals surface area contributed by atoms with Crippen LogP contribution in [0.4, 0.5) is 0 Å². The predicted octanol–water partition coefficient (Wildman–Crippen LogP) is 3.97. The lowest BCUT2D eigenvalue weighted by atomic mass is 10.1. The van der Waals surface area contributed by atoms with Crippen molar-refractivity contribution in [1.29, 1.82) is 0 Å². The molecule has 3 aromatic rings. The molecule has 2 heterocycles. The van der Waals surface area contributed by atoms with Crippen LogP contribution in [0.25, 0.3) is 16.2 Å². The van der Waals surface area contributed by atoms with E-state index in [0.717, 1.165) is 22.8 Å². The summed E-state index contributed by atoms with van der Waals surface area (Å²) in [6.07, 6.45) is 1.02. The minimum Gasteiger partial charge on any atom is -0.491 e. The maximum atomic E-state index is 5.79. The standard InChI is InChI=1S/C18H23N3OS/c1-11(2)22-15-7-5-14(6-8-15)17-13(4)23-18-20-12(3)16(9-10-19)21(17)18/h5-8,11H,9-10,19H2,1-4H3. The first-order chi connectivity index (χ1) is 11.0. The van der Waals surface area contributed by atoms with E-state index in [-0.39, 0.29) is 6.10 Å². The highest BCUT2D eigenvalue weighted by Gasteiger charge is 2.18. The number of hydrogen-bond acceptors (Lipinski definition) is 4. The summed E-state index contributed by atoms with van der Waals surface area (Å²) in [5.41, 5.74) is 10.5. The van der Waals surface area contributed by atoms with E-state index in [1.165, 1.54) is 21.8 Å².